The molecule has 0 spiro atoms. The molecule has 0 aromatic heterocycles. The second-order valence-electron chi connectivity index (χ2n) is 7.51. The fraction of sp³-hybridized carbons (Fsp3) is 0.280. The van der Waals surface area contributed by atoms with Crippen molar-refractivity contribution in [1.82, 2.24) is 5.01 Å². The molecule has 0 bridgehead atoms. The van der Waals surface area contributed by atoms with Crippen molar-refractivity contribution in [1.29, 1.82) is 0 Å². The molecule has 0 saturated carbocycles. The molecule has 4 rings (SSSR count). The fourth-order valence-corrected chi connectivity index (χ4v) is 4.22. The number of benzene rings is 3. The summed E-state index contributed by atoms with van der Waals surface area (Å²) in [6.07, 6.45) is 3.74. The van der Waals surface area contributed by atoms with Gasteiger partial charge in [0.05, 0.1) is 11.3 Å². The van der Waals surface area contributed by atoms with E-state index in [1.165, 1.54) is 6.07 Å². The van der Waals surface area contributed by atoms with E-state index in [1.54, 1.807) is 12.1 Å². The van der Waals surface area contributed by atoms with Gasteiger partial charge >= 0.3 is 6.18 Å². The van der Waals surface area contributed by atoms with Crippen LogP contribution < -0.4 is 5.01 Å². The van der Waals surface area contributed by atoms with Crippen molar-refractivity contribution >= 4 is 16.5 Å². The van der Waals surface area contributed by atoms with Crippen LogP contribution in [0.4, 0.5) is 18.9 Å². The zero-order valence-electron chi connectivity index (χ0n) is 16.6. The number of alkyl halides is 3. The van der Waals surface area contributed by atoms with Crippen molar-refractivity contribution in [2.75, 3.05) is 24.6 Å². The van der Waals surface area contributed by atoms with Crippen LogP contribution in [0.1, 0.15) is 29.5 Å². The monoisotopic (exact) mass is 408 g/mol. The predicted molar refractivity (Wildman–Crippen MR) is 115 cm³/mol. The number of rotatable bonds is 4. The van der Waals surface area contributed by atoms with Crippen molar-refractivity contribution < 1.29 is 13.2 Å². The largest absolute Gasteiger partial charge is 0.416 e. The summed E-state index contributed by atoms with van der Waals surface area (Å²) >= 11 is 0. The van der Waals surface area contributed by atoms with Gasteiger partial charge in [0.2, 0.25) is 0 Å². The van der Waals surface area contributed by atoms with Gasteiger partial charge in [-0.3, -0.25) is 0 Å². The molecule has 2 nitrogen and oxygen atoms in total. The van der Waals surface area contributed by atoms with Gasteiger partial charge in [-0.05, 0) is 48.4 Å². The third-order valence-corrected chi connectivity index (χ3v) is 5.67. The lowest BCUT2D eigenvalue weighted by Gasteiger charge is -2.41. The van der Waals surface area contributed by atoms with Gasteiger partial charge in [-0.25, -0.2) is 5.01 Å². The van der Waals surface area contributed by atoms with Gasteiger partial charge in [-0.15, -0.1) is 6.42 Å². The average Bonchev–Trinajstić information content (AvgIpc) is 2.77. The summed E-state index contributed by atoms with van der Waals surface area (Å²) in [5.74, 6) is 2.74. The van der Waals surface area contributed by atoms with E-state index in [9.17, 15) is 13.2 Å². The Morgan fingerprint density at radius 2 is 1.57 bits per heavy atom. The lowest BCUT2D eigenvalue weighted by Crippen LogP contribution is -2.48. The average molecular weight is 408 g/mol. The molecule has 1 aliphatic rings. The van der Waals surface area contributed by atoms with Gasteiger partial charge in [0.25, 0.3) is 0 Å². The van der Waals surface area contributed by atoms with Crippen molar-refractivity contribution in [3.05, 3.63) is 77.4 Å². The third kappa shape index (κ3) is 4.01. The first-order valence-corrected chi connectivity index (χ1v) is 10.1. The zero-order chi connectivity index (χ0) is 21.1. The smallest absolute Gasteiger partial charge is 0.305 e. The SMILES string of the molecule is C#Cc1ccc(N2CCCCN2CCc2ccccc2C(F)(F)F)c2ccccc12. The van der Waals surface area contributed by atoms with Gasteiger partial charge in [-0.2, -0.15) is 13.2 Å². The summed E-state index contributed by atoms with van der Waals surface area (Å²) in [5, 5.41) is 6.47. The van der Waals surface area contributed by atoms with E-state index in [2.05, 4.69) is 22.0 Å². The molecule has 3 aromatic carbocycles. The lowest BCUT2D eigenvalue weighted by molar-refractivity contribution is -0.138. The van der Waals surface area contributed by atoms with Crippen molar-refractivity contribution in [3.8, 4) is 12.3 Å². The number of hydrogen-bond donors (Lipinski definition) is 0. The molecule has 1 saturated heterocycles. The van der Waals surface area contributed by atoms with Crippen molar-refractivity contribution in [2.45, 2.75) is 25.4 Å². The van der Waals surface area contributed by atoms with Crippen LogP contribution in [0.2, 0.25) is 0 Å². The molecular formula is C25H23F3N2. The Hall–Kier alpha value is -2.97. The van der Waals surface area contributed by atoms with E-state index in [0.29, 0.717) is 18.5 Å². The van der Waals surface area contributed by atoms with Crippen LogP contribution in [0.25, 0.3) is 10.8 Å². The topological polar surface area (TPSA) is 6.48 Å². The summed E-state index contributed by atoms with van der Waals surface area (Å²) in [7, 11) is 0. The van der Waals surface area contributed by atoms with E-state index in [-0.39, 0.29) is 0 Å². The van der Waals surface area contributed by atoms with Gasteiger partial charge < -0.3 is 5.01 Å². The molecule has 0 aliphatic carbocycles. The Labute approximate surface area is 174 Å². The number of nitrogens with zero attached hydrogens (tertiary/aromatic N) is 2. The van der Waals surface area contributed by atoms with Crippen LogP contribution in [-0.2, 0) is 12.6 Å². The molecule has 154 valence electrons. The summed E-state index contributed by atoms with van der Waals surface area (Å²) in [5.41, 5.74) is 1.69. The van der Waals surface area contributed by atoms with Crippen LogP contribution in [0.3, 0.4) is 0 Å². The number of hydrazine groups is 1. The van der Waals surface area contributed by atoms with E-state index < -0.39 is 11.7 Å². The molecule has 5 heteroatoms. The number of hydrogen-bond acceptors (Lipinski definition) is 2. The highest BCUT2D eigenvalue weighted by molar-refractivity contribution is 5.97. The number of fused-ring (bicyclic) bond motifs is 1. The van der Waals surface area contributed by atoms with E-state index in [1.807, 2.05) is 30.3 Å². The first-order valence-electron chi connectivity index (χ1n) is 10.1. The zero-order valence-corrected chi connectivity index (χ0v) is 16.6. The summed E-state index contributed by atoms with van der Waals surface area (Å²) in [6.45, 7) is 2.18. The molecule has 1 fully saturated rings. The quantitative estimate of drug-likeness (QED) is 0.496. The summed E-state index contributed by atoms with van der Waals surface area (Å²) in [4.78, 5) is 0. The Morgan fingerprint density at radius 1 is 0.867 bits per heavy atom. The minimum absolute atomic E-state index is 0.336. The molecule has 30 heavy (non-hydrogen) atoms. The highest BCUT2D eigenvalue weighted by Gasteiger charge is 2.33. The fourth-order valence-electron chi connectivity index (χ4n) is 4.22. The van der Waals surface area contributed by atoms with Gasteiger partial charge in [0.15, 0.2) is 0 Å². The number of anilines is 1. The molecule has 1 aliphatic heterocycles. The number of halogens is 3. The molecule has 0 N–H and O–H groups in total. The minimum atomic E-state index is -4.33. The third-order valence-electron chi connectivity index (χ3n) is 5.67. The molecule has 0 atom stereocenters. The van der Waals surface area contributed by atoms with Crippen LogP contribution in [0.5, 0.6) is 0 Å². The highest BCUT2D eigenvalue weighted by atomic mass is 19.4. The van der Waals surface area contributed by atoms with Gasteiger partial charge in [-0.1, -0.05) is 48.4 Å². The van der Waals surface area contributed by atoms with Crippen LogP contribution in [0.15, 0.2) is 60.7 Å². The molecule has 1 heterocycles. The van der Waals surface area contributed by atoms with Crippen LogP contribution in [-0.4, -0.2) is 24.6 Å². The van der Waals surface area contributed by atoms with Gasteiger partial charge in [0, 0.05) is 30.6 Å². The van der Waals surface area contributed by atoms with Crippen molar-refractivity contribution in [2.24, 2.45) is 0 Å². The van der Waals surface area contributed by atoms with Gasteiger partial charge in [0.1, 0.15) is 0 Å². The first-order chi connectivity index (χ1) is 14.5. The maximum atomic E-state index is 13.4. The standard InChI is InChI=1S/C25H23F3N2/c1-2-19-13-14-24(22-11-5-4-10-21(19)22)30-17-8-7-16-29(30)18-15-20-9-3-6-12-23(20)25(26,27)28/h1,3-6,9-14H,7-8,15-18H2. The maximum Gasteiger partial charge on any atom is 0.416 e. The molecule has 0 unspecified atom stereocenters. The Morgan fingerprint density at radius 3 is 2.33 bits per heavy atom. The first kappa shape index (κ1) is 20.3. The minimum Gasteiger partial charge on any atom is -0.305 e. The number of terminal acetylenes is 1. The maximum absolute atomic E-state index is 13.4. The van der Waals surface area contributed by atoms with E-state index in [4.69, 9.17) is 6.42 Å². The Balaban J connectivity index is 1.63. The molecule has 0 radical (unpaired) electrons. The van der Waals surface area contributed by atoms with Crippen LogP contribution in [0, 0.1) is 12.3 Å². The normalized spacial score (nSPS) is 15.3. The second kappa shape index (κ2) is 8.41. The summed E-state index contributed by atoms with van der Waals surface area (Å²) in [6, 6.07) is 17.9. The Kier molecular flexibility index (Phi) is 5.69. The predicted octanol–water partition coefficient (Wildman–Crippen LogP) is 5.90. The van der Waals surface area contributed by atoms with E-state index in [0.717, 1.165) is 54.0 Å². The Bertz CT molecular complexity index is 1080. The molecule has 3 aromatic rings. The highest BCUT2D eigenvalue weighted by Crippen LogP contribution is 2.34. The molecule has 0 amide bonds. The summed E-state index contributed by atoms with van der Waals surface area (Å²) < 4.78 is 40.1. The molecular weight excluding hydrogens is 385 g/mol. The van der Waals surface area contributed by atoms with Crippen molar-refractivity contribution in [3.63, 3.8) is 0 Å². The second-order valence-corrected chi connectivity index (χ2v) is 7.51. The lowest BCUT2D eigenvalue weighted by atomic mass is 10.0. The van der Waals surface area contributed by atoms with E-state index >= 15 is 0 Å². The van der Waals surface area contributed by atoms with Crippen LogP contribution >= 0.6 is 0 Å².